The highest BCUT2D eigenvalue weighted by molar-refractivity contribution is 6.32. The molecule has 2 aromatic rings. The van der Waals surface area contributed by atoms with Crippen molar-refractivity contribution in [3.05, 3.63) is 53.1 Å². The normalized spacial score (nSPS) is 12.4. The van der Waals surface area contributed by atoms with Crippen LogP contribution >= 0.6 is 11.6 Å². The predicted octanol–water partition coefficient (Wildman–Crippen LogP) is 3.35. The molecule has 0 N–H and O–H groups in total. The Morgan fingerprint density at radius 2 is 2.00 bits per heavy atom. The molecule has 88 valence electrons. The minimum atomic E-state index is -0.0738. The summed E-state index contributed by atoms with van der Waals surface area (Å²) in [4.78, 5) is 15.5. The van der Waals surface area contributed by atoms with E-state index in [1.165, 1.54) is 6.92 Å². The number of Topliss-reactive ketones (excluding diaryl/α,β-unsaturated/α-hetero) is 1. The SMILES string of the molecule is CC(=O)c1c(Cl)ncn1[C@H](C)c1ccccc1. The van der Waals surface area contributed by atoms with Crippen LogP contribution in [0.2, 0.25) is 5.15 Å². The molecule has 1 aromatic heterocycles. The number of ketones is 1. The third-order valence-corrected chi connectivity index (χ3v) is 3.06. The van der Waals surface area contributed by atoms with E-state index in [0.29, 0.717) is 5.69 Å². The minimum Gasteiger partial charge on any atom is -0.320 e. The largest absolute Gasteiger partial charge is 0.320 e. The summed E-state index contributed by atoms with van der Waals surface area (Å²) in [5, 5.41) is 0.264. The van der Waals surface area contributed by atoms with Crippen LogP contribution in [0.1, 0.15) is 35.9 Å². The lowest BCUT2D eigenvalue weighted by atomic mass is 10.1. The van der Waals surface area contributed by atoms with Gasteiger partial charge in [-0.15, -0.1) is 0 Å². The Hall–Kier alpha value is -1.61. The lowest BCUT2D eigenvalue weighted by Gasteiger charge is -2.15. The van der Waals surface area contributed by atoms with Crippen LogP contribution in [-0.4, -0.2) is 15.3 Å². The van der Waals surface area contributed by atoms with E-state index in [-0.39, 0.29) is 17.0 Å². The van der Waals surface area contributed by atoms with Gasteiger partial charge in [-0.3, -0.25) is 4.79 Å². The van der Waals surface area contributed by atoms with Crippen LogP contribution < -0.4 is 0 Å². The van der Waals surface area contributed by atoms with Crippen molar-refractivity contribution in [1.29, 1.82) is 0 Å². The molecule has 0 radical (unpaired) electrons. The molecule has 2 rings (SSSR count). The van der Waals surface area contributed by atoms with Crippen molar-refractivity contribution in [3.8, 4) is 0 Å². The molecule has 0 unspecified atom stereocenters. The number of aromatic nitrogens is 2. The Labute approximate surface area is 105 Å². The quantitative estimate of drug-likeness (QED) is 0.781. The third-order valence-electron chi connectivity index (χ3n) is 2.78. The van der Waals surface area contributed by atoms with E-state index >= 15 is 0 Å². The lowest BCUT2D eigenvalue weighted by Crippen LogP contribution is -2.12. The molecule has 1 aromatic carbocycles. The maximum absolute atomic E-state index is 11.5. The summed E-state index contributed by atoms with van der Waals surface area (Å²) >= 11 is 5.92. The van der Waals surface area contributed by atoms with Crippen molar-refractivity contribution >= 4 is 17.4 Å². The topological polar surface area (TPSA) is 34.9 Å². The Morgan fingerprint density at radius 3 is 2.59 bits per heavy atom. The van der Waals surface area contributed by atoms with E-state index in [2.05, 4.69) is 4.98 Å². The second kappa shape index (κ2) is 4.72. The Kier molecular flexibility index (Phi) is 3.29. The number of halogens is 1. The fourth-order valence-corrected chi connectivity index (χ4v) is 2.13. The minimum absolute atomic E-state index is 0.0371. The molecule has 0 aliphatic heterocycles. The van der Waals surface area contributed by atoms with Crippen LogP contribution in [0.5, 0.6) is 0 Å². The highest BCUT2D eigenvalue weighted by atomic mass is 35.5. The molecular formula is C13H13ClN2O. The van der Waals surface area contributed by atoms with Crippen molar-refractivity contribution in [2.75, 3.05) is 0 Å². The van der Waals surface area contributed by atoms with Gasteiger partial charge in [0.25, 0.3) is 0 Å². The van der Waals surface area contributed by atoms with Crippen LogP contribution in [-0.2, 0) is 0 Å². The van der Waals surface area contributed by atoms with Gasteiger partial charge in [0, 0.05) is 6.92 Å². The molecule has 0 amide bonds. The maximum Gasteiger partial charge on any atom is 0.179 e. The van der Waals surface area contributed by atoms with Crippen molar-refractivity contribution in [3.63, 3.8) is 0 Å². The van der Waals surface area contributed by atoms with Gasteiger partial charge in [0.05, 0.1) is 12.4 Å². The first-order chi connectivity index (χ1) is 8.11. The molecule has 4 heteroatoms. The highest BCUT2D eigenvalue weighted by Gasteiger charge is 2.18. The molecule has 1 atom stereocenters. The Morgan fingerprint density at radius 1 is 1.35 bits per heavy atom. The summed E-state index contributed by atoms with van der Waals surface area (Å²) in [7, 11) is 0. The van der Waals surface area contributed by atoms with E-state index in [4.69, 9.17) is 11.6 Å². The van der Waals surface area contributed by atoms with Crippen molar-refractivity contribution in [2.45, 2.75) is 19.9 Å². The van der Waals surface area contributed by atoms with Gasteiger partial charge in [0.15, 0.2) is 10.9 Å². The predicted molar refractivity (Wildman–Crippen MR) is 67.5 cm³/mol. The first kappa shape index (κ1) is 11.9. The van der Waals surface area contributed by atoms with Crippen LogP contribution in [0.15, 0.2) is 36.7 Å². The number of carbonyl (C=O) groups is 1. The fourth-order valence-electron chi connectivity index (χ4n) is 1.85. The van der Waals surface area contributed by atoms with Gasteiger partial charge in [-0.25, -0.2) is 4.98 Å². The Bertz CT molecular complexity index is 534. The number of hydrogen-bond donors (Lipinski definition) is 0. The van der Waals surface area contributed by atoms with Gasteiger partial charge < -0.3 is 4.57 Å². The van der Waals surface area contributed by atoms with Crippen LogP contribution in [0.25, 0.3) is 0 Å². The second-order valence-corrected chi connectivity index (χ2v) is 4.29. The number of imidazole rings is 1. The molecule has 17 heavy (non-hydrogen) atoms. The van der Waals surface area contributed by atoms with Crippen molar-refractivity contribution in [2.24, 2.45) is 0 Å². The lowest BCUT2D eigenvalue weighted by molar-refractivity contribution is 0.100. The first-order valence-corrected chi connectivity index (χ1v) is 5.77. The summed E-state index contributed by atoms with van der Waals surface area (Å²) in [6.45, 7) is 3.51. The second-order valence-electron chi connectivity index (χ2n) is 3.93. The Balaban J connectivity index is 2.45. The molecule has 0 spiro atoms. The molecule has 0 saturated heterocycles. The van der Waals surface area contributed by atoms with E-state index in [1.807, 2.05) is 37.3 Å². The third kappa shape index (κ3) is 2.24. The molecule has 0 aliphatic rings. The molecule has 3 nitrogen and oxygen atoms in total. The average Bonchev–Trinajstić information content (AvgIpc) is 2.71. The fraction of sp³-hybridized carbons (Fsp3) is 0.231. The van der Waals surface area contributed by atoms with Crippen molar-refractivity contribution < 1.29 is 4.79 Å². The number of rotatable bonds is 3. The summed E-state index contributed by atoms with van der Waals surface area (Å²) in [6.07, 6.45) is 1.61. The molecule has 0 fully saturated rings. The van der Waals surface area contributed by atoms with Gasteiger partial charge in [-0.2, -0.15) is 0 Å². The maximum atomic E-state index is 11.5. The molecule has 1 heterocycles. The van der Waals surface area contributed by atoms with Crippen LogP contribution in [0, 0.1) is 0 Å². The monoisotopic (exact) mass is 248 g/mol. The van der Waals surface area contributed by atoms with Gasteiger partial charge in [-0.1, -0.05) is 41.9 Å². The molecule has 0 bridgehead atoms. The van der Waals surface area contributed by atoms with Gasteiger partial charge in [0.2, 0.25) is 0 Å². The zero-order valence-corrected chi connectivity index (χ0v) is 10.5. The standard InChI is InChI=1S/C13H13ClN2O/c1-9(11-6-4-3-5-7-11)16-8-15-13(14)12(16)10(2)17/h3-9H,1-2H3/t9-/m1/s1. The first-order valence-electron chi connectivity index (χ1n) is 5.39. The van der Waals surface area contributed by atoms with Crippen molar-refractivity contribution in [1.82, 2.24) is 9.55 Å². The highest BCUT2D eigenvalue weighted by Crippen LogP contribution is 2.23. The summed E-state index contributed by atoms with van der Waals surface area (Å²) in [6, 6.07) is 9.97. The zero-order chi connectivity index (χ0) is 12.4. The number of hydrogen-bond acceptors (Lipinski definition) is 2. The summed E-state index contributed by atoms with van der Waals surface area (Å²) in [5.41, 5.74) is 1.58. The molecule has 0 saturated carbocycles. The number of benzene rings is 1. The molecule has 0 aliphatic carbocycles. The smallest absolute Gasteiger partial charge is 0.179 e. The van der Waals surface area contributed by atoms with E-state index < -0.39 is 0 Å². The average molecular weight is 249 g/mol. The molecular weight excluding hydrogens is 236 g/mol. The van der Waals surface area contributed by atoms with E-state index in [1.54, 1.807) is 10.9 Å². The summed E-state index contributed by atoms with van der Waals surface area (Å²) in [5.74, 6) is -0.0738. The van der Waals surface area contributed by atoms with E-state index in [9.17, 15) is 4.79 Å². The van der Waals surface area contributed by atoms with Crippen LogP contribution in [0.4, 0.5) is 0 Å². The van der Waals surface area contributed by atoms with Gasteiger partial charge >= 0.3 is 0 Å². The number of nitrogens with zero attached hydrogens (tertiary/aromatic N) is 2. The van der Waals surface area contributed by atoms with Gasteiger partial charge in [-0.05, 0) is 12.5 Å². The zero-order valence-electron chi connectivity index (χ0n) is 9.72. The van der Waals surface area contributed by atoms with E-state index in [0.717, 1.165) is 5.56 Å². The summed E-state index contributed by atoms with van der Waals surface area (Å²) < 4.78 is 1.81. The van der Waals surface area contributed by atoms with Gasteiger partial charge in [0.1, 0.15) is 5.69 Å². The number of carbonyl (C=O) groups excluding carboxylic acids is 1. The van der Waals surface area contributed by atoms with Crippen LogP contribution in [0.3, 0.4) is 0 Å².